The zero-order valence-corrected chi connectivity index (χ0v) is 12.0. The highest BCUT2D eigenvalue weighted by Crippen LogP contribution is 2.21. The van der Waals surface area contributed by atoms with Crippen molar-refractivity contribution in [3.8, 4) is 5.75 Å². The van der Waals surface area contributed by atoms with E-state index in [1.54, 1.807) is 18.2 Å². The highest BCUT2D eigenvalue weighted by molar-refractivity contribution is 5.32. The number of nitrogens with zero attached hydrogens (tertiary/aromatic N) is 2. The van der Waals surface area contributed by atoms with Gasteiger partial charge in [-0.3, -0.25) is 20.2 Å². The molecule has 0 aliphatic carbocycles. The lowest BCUT2D eigenvalue weighted by Crippen LogP contribution is -2.31. The third-order valence-corrected chi connectivity index (χ3v) is 3.48. The molecule has 2 unspecified atom stereocenters. The lowest BCUT2D eigenvalue weighted by Gasteiger charge is -2.14. The summed E-state index contributed by atoms with van der Waals surface area (Å²) in [4.78, 5) is 21.2. The Morgan fingerprint density at radius 2 is 1.76 bits per heavy atom. The van der Waals surface area contributed by atoms with Crippen molar-refractivity contribution in [3.63, 3.8) is 0 Å². The second-order valence-electron chi connectivity index (χ2n) is 5.09. The van der Waals surface area contributed by atoms with Crippen molar-refractivity contribution in [2.75, 3.05) is 0 Å². The summed E-state index contributed by atoms with van der Waals surface area (Å²) in [6.07, 6.45) is 1.71. The third kappa shape index (κ3) is 5.37. The topological polar surface area (TPSA) is 107 Å². The van der Waals surface area contributed by atoms with Gasteiger partial charge in [-0.25, -0.2) is 0 Å². The molecule has 1 aromatic rings. The zero-order chi connectivity index (χ0) is 15.8. The predicted molar refractivity (Wildman–Crippen MR) is 77.5 cm³/mol. The second-order valence-corrected chi connectivity index (χ2v) is 5.09. The normalized spacial score (nSPS) is 13.6. The molecule has 7 nitrogen and oxygen atoms in total. The standard InChI is InChI=1S/C14H20N2O5/c1-2-3-7-12(15(18)19)10-13(16(20)21)9-11-6-4-5-8-14(11)17/h4-6,8,12-13,17H,2-3,7,9-10H2,1H3. The Hall–Kier alpha value is -2.18. The van der Waals surface area contributed by atoms with E-state index in [0.29, 0.717) is 18.4 Å². The molecule has 0 spiro atoms. The van der Waals surface area contributed by atoms with Crippen LogP contribution in [0.1, 0.15) is 38.2 Å². The summed E-state index contributed by atoms with van der Waals surface area (Å²) in [5.74, 6) is -0.0180. The van der Waals surface area contributed by atoms with Gasteiger partial charge in [0.25, 0.3) is 0 Å². The number of phenolic OH excluding ortho intramolecular Hbond substituents is 1. The van der Waals surface area contributed by atoms with Gasteiger partial charge < -0.3 is 5.11 Å². The number of aromatic hydroxyl groups is 1. The largest absolute Gasteiger partial charge is 0.508 e. The maximum absolute atomic E-state index is 11.1. The van der Waals surface area contributed by atoms with Crippen molar-refractivity contribution < 1.29 is 15.0 Å². The van der Waals surface area contributed by atoms with Gasteiger partial charge in [-0.1, -0.05) is 31.5 Å². The molecule has 0 saturated heterocycles. The van der Waals surface area contributed by atoms with Gasteiger partial charge in [-0.05, 0) is 12.5 Å². The highest BCUT2D eigenvalue weighted by atomic mass is 16.6. The predicted octanol–water partition coefficient (Wildman–Crippen LogP) is 2.81. The van der Waals surface area contributed by atoms with Crippen LogP contribution in [0.5, 0.6) is 5.75 Å². The Balaban J connectivity index is 2.79. The van der Waals surface area contributed by atoms with Crippen LogP contribution in [0.4, 0.5) is 0 Å². The van der Waals surface area contributed by atoms with Gasteiger partial charge in [0, 0.05) is 28.3 Å². The van der Waals surface area contributed by atoms with Crippen LogP contribution in [0.2, 0.25) is 0 Å². The Labute approximate surface area is 122 Å². The molecule has 0 aliphatic heterocycles. The first-order valence-electron chi connectivity index (χ1n) is 6.99. The minimum absolute atomic E-state index is 0.00383. The molecule has 21 heavy (non-hydrogen) atoms. The van der Waals surface area contributed by atoms with E-state index in [-0.39, 0.29) is 18.6 Å². The molecule has 1 aromatic carbocycles. The van der Waals surface area contributed by atoms with E-state index in [1.807, 2.05) is 6.92 Å². The smallest absolute Gasteiger partial charge is 0.223 e. The molecule has 0 radical (unpaired) electrons. The summed E-state index contributed by atoms with van der Waals surface area (Å²) >= 11 is 0. The minimum atomic E-state index is -1.06. The summed E-state index contributed by atoms with van der Waals surface area (Å²) in [6.45, 7) is 1.92. The van der Waals surface area contributed by atoms with Gasteiger partial charge in [0.15, 0.2) is 0 Å². The first kappa shape index (κ1) is 16.9. The molecular formula is C14H20N2O5. The number of unbranched alkanes of at least 4 members (excludes halogenated alkanes) is 1. The fourth-order valence-corrected chi connectivity index (χ4v) is 2.24. The Morgan fingerprint density at radius 1 is 1.14 bits per heavy atom. The molecule has 1 N–H and O–H groups in total. The summed E-state index contributed by atoms with van der Waals surface area (Å²) in [7, 11) is 0. The maximum Gasteiger partial charge on any atom is 0.223 e. The minimum Gasteiger partial charge on any atom is -0.508 e. The van der Waals surface area contributed by atoms with Crippen molar-refractivity contribution in [3.05, 3.63) is 50.1 Å². The average molecular weight is 296 g/mol. The molecular weight excluding hydrogens is 276 g/mol. The van der Waals surface area contributed by atoms with Gasteiger partial charge in [-0.2, -0.15) is 0 Å². The van der Waals surface area contributed by atoms with Crippen LogP contribution in [-0.4, -0.2) is 27.0 Å². The van der Waals surface area contributed by atoms with Crippen LogP contribution in [0, 0.1) is 20.2 Å². The van der Waals surface area contributed by atoms with Crippen LogP contribution < -0.4 is 0 Å². The van der Waals surface area contributed by atoms with Gasteiger partial charge in [0.05, 0.1) is 6.42 Å². The van der Waals surface area contributed by atoms with E-state index in [1.165, 1.54) is 6.07 Å². The van der Waals surface area contributed by atoms with Crippen molar-refractivity contribution in [1.29, 1.82) is 0 Å². The lowest BCUT2D eigenvalue weighted by molar-refractivity contribution is -0.560. The number of nitro groups is 2. The number of phenols is 1. The number of para-hydroxylation sites is 1. The summed E-state index contributed by atoms with van der Waals surface area (Å²) in [5, 5.41) is 31.8. The number of hydrogen-bond acceptors (Lipinski definition) is 5. The van der Waals surface area contributed by atoms with Crippen LogP contribution in [0.15, 0.2) is 24.3 Å². The molecule has 0 aliphatic rings. The molecule has 0 fully saturated rings. The van der Waals surface area contributed by atoms with Crippen LogP contribution in [0.3, 0.4) is 0 Å². The molecule has 0 bridgehead atoms. The van der Waals surface area contributed by atoms with Gasteiger partial charge in [0.1, 0.15) is 5.75 Å². The molecule has 0 saturated carbocycles. The summed E-state index contributed by atoms with van der Waals surface area (Å²) < 4.78 is 0. The van der Waals surface area contributed by atoms with Crippen molar-refractivity contribution in [2.45, 2.75) is 51.1 Å². The lowest BCUT2D eigenvalue weighted by atomic mass is 9.97. The fraction of sp³-hybridized carbons (Fsp3) is 0.571. The molecule has 0 aromatic heterocycles. The second kappa shape index (κ2) is 8.18. The fourth-order valence-electron chi connectivity index (χ4n) is 2.24. The molecule has 1 rings (SSSR count). The van der Waals surface area contributed by atoms with E-state index >= 15 is 0 Å². The van der Waals surface area contributed by atoms with E-state index < -0.39 is 21.9 Å². The molecule has 7 heteroatoms. The SMILES string of the molecule is CCCCC(CC(Cc1ccccc1O)[N+](=O)[O-])[N+](=O)[O-]. The van der Waals surface area contributed by atoms with Gasteiger partial charge >= 0.3 is 0 Å². The highest BCUT2D eigenvalue weighted by Gasteiger charge is 2.32. The average Bonchev–Trinajstić information content (AvgIpc) is 2.43. The number of rotatable bonds is 9. The van der Waals surface area contributed by atoms with Crippen molar-refractivity contribution in [2.24, 2.45) is 0 Å². The van der Waals surface area contributed by atoms with E-state index in [2.05, 4.69) is 0 Å². The van der Waals surface area contributed by atoms with Crippen LogP contribution in [0.25, 0.3) is 0 Å². The Bertz CT molecular complexity index is 492. The third-order valence-electron chi connectivity index (χ3n) is 3.48. The summed E-state index contributed by atoms with van der Waals surface area (Å²) in [5.41, 5.74) is 0.441. The van der Waals surface area contributed by atoms with Gasteiger partial charge in [0.2, 0.25) is 12.1 Å². The van der Waals surface area contributed by atoms with E-state index in [4.69, 9.17) is 0 Å². The molecule has 2 atom stereocenters. The van der Waals surface area contributed by atoms with Crippen molar-refractivity contribution in [1.82, 2.24) is 0 Å². The number of hydrogen-bond donors (Lipinski definition) is 1. The Kier molecular flexibility index (Phi) is 6.58. The molecule has 0 heterocycles. The maximum atomic E-state index is 11.1. The van der Waals surface area contributed by atoms with E-state index in [0.717, 1.165) is 6.42 Å². The van der Waals surface area contributed by atoms with Crippen molar-refractivity contribution >= 4 is 0 Å². The van der Waals surface area contributed by atoms with Gasteiger partial charge in [-0.15, -0.1) is 0 Å². The molecule has 116 valence electrons. The van der Waals surface area contributed by atoms with Crippen LogP contribution in [-0.2, 0) is 6.42 Å². The molecule has 0 amide bonds. The quantitative estimate of drug-likeness (QED) is 0.557. The zero-order valence-electron chi connectivity index (χ0n) is 12.0. The Morgan fingerprint density at radius 3 is 2.29 bits per heavy atom. The van der Waals surface area contributed by atoms with E-state index in [9.17, 15) is 25.3 Å². The first-order valence-corrected chi connectivity index (χ1v) is 6.99. The van der Waals surface area contributed by atoms with Crippen LogP contribution >= 0.6 is 0 Å². The monoisotopic (exact) mass is 296 g/mol. The number of benzene rings is 1. The first-order chi connectivity index (χ1) is 9.95. The summed E-state index contributed by atoms with van der Waals surface area (Å²) in [6, 6.07) is 4.37.